The number of halogens is 3. The number of amides is 2. The summed E-state index contributed by atoms with van der Waals surface area (Å²) in [4.78, 5) is 28.9. The van der Waals surface area contributed by atoms with Crippen LogP contribution in [0, 0.1) is 6.92 Å². The van der Waals surface area contributed by atoms with Crippen molar-refractivity contribution in [2.24, 2.45) is 0 Å². The van der Waals surface area contributed by atoms with Gasteiger partial charge in [0, 0.05) is 27.2 Å². The Hall–Kier alpha value is -2.78. The molecule has 0 unspecified atom stereocenters. The van der Waals surface area contributed by atoms with Crippen molar-refractivity contribution in [2.75, 3.05) is 10.8 Å². The first-order valence-corrected chi connectivity index (χ1v) is 15.6. The molecular formula is C30H34Cl3N3O4S. The molecule has 7 nitrogen and oxygen atoms in total. The summed E-state index contributed by atoms with van der Waals surface area (Å²) in [6, 6.07) is 16.7. The topological polar surface area (TPSA) is 86.8 Å². The van der Waals surface area contributed by atoms with Gasteiger partial charge in [0.05, 0.1) is 10.6 Å². The molecule has 3 aromatic rings. The van der Waals surface area contributed by atoms with E-state index in [4.69, 9.17) is 34.8 Å². The average molecular weight is 639 g/mol. The molecular weight excluding hydrogens is 605 g/mol. The minimum atomic E-state index is -4.24. The van der Waals surface area contributed by atoms with Crippen molar-refractivity contribution in [1.29, 1.82) is 0 Å². The number of anilines is 1. The fourth-order valence-corrected chi connectivity index (χ4v) is 6.25. The van der Waals surface area contributed by atoms with Crippen molar-refractivity contribution >= 4 is 62.3 Å². The zero-order valence-electron chi connectivity index (χ0n) is 23.6. The van der Waals surface area contributed by atoms with E-state index in [2.05, 4.69) is 5.32 Å². The van der Waals surface area contributed by atoms with E-state index in [1.807, 2.05) is 27.7 Å². The summed E-state index contributed by atoms with van der Waals surface area (Å²) < 4.78 is 28.9. The summed E-state index contributed by atoms with van der Waals surface area (Å²) in [7, 11) is -4.24. The maximum Gasteiger partial charge on any atom is 0.264 e. The minimum absolute atomic E-state index is 0.00577. The molecule has 1 atom stereocenters. The molecule has 0 aromatic heterocycles. The van der Waals surface area contributed by atoms with Crippen LogP contribution in [0.4, 0.5) is 5.69 Å². The highest BCUT2D eigenvalue weighted by Crippen LogP contribution is 2.30. The molecule has 1 N–H and O–H groups in total. The fourth-order valence-electron chi connectivity index (χ4n) is 4.21. The summed E-state index contributed by atoms with van der Waals surface area (Å²) in [6.45, 7) is 8.65. The first-order chi connectivity index (χ1) is 19.1. The van der Waals surface area contributed by atoms with E-state index in [0.29, 0.717) is 11.4 Å². The molecule has 220 valence electrons. The number of aryl methyl sites for hydroxylation is 1. The SMILES string of the molecule is CC[C@@H](C(=O)NC(C)(C)C)N(Cc1ccc(Cl)cc1)C(=O)CN(c1cc(Cl)cc(Cl)c1)S(=O)(=O)c1ccc(C)cc1. The maximum atomic E-state index is 14.1. The number of nitrogens with zero attached hydrogens (tertiary/aromatic N) is 2. The first kappa shape index (κ1) is 32.7. The van der Waals surface area contributed by atoms with Gasteiger partial charge in [0.15, 0.2) is 0 Å². The van der Waals surface area contributed by atoms with Gasteiger partial charge in [-0.15, -0.1) is 0 Å². The monoisotopic (exact) mass is 637 g/mol. The van der Waals surface area contributed by atoms with Gasteiger partial charge in [-0.25, -0.2) is 8.42 Å². The van der Waals surface area contributed by atoms with Crippen LogP contribution in [-0.2, 0) is 26.2 Å². The second-order valence-electron chi connectivity index (χ2n) is 10.8. The quantitative estimate of drug-likeness (QED) is 0.263. The lowest BCUT2D eigenvalue weighted by Gasteiger charge is -2.34. The smallest absolute Gasteiger partial charge is 0.264 e. The molecule has 0 saturated carbocycles. The van der Waals surface area contributed by atoms with Crippen molar-refractivity contribution in [3.8, 4) is 0 Å². The van der Waals surface area contributed by atoms with Gasteiger partial charge in [-0.3, -0.25) is 13.9 Å². The summed E-state index contributed by atoms with van der Waals surface area (Å²) in [5, 5.41) is 3.88. The van der Waals surface area contributed by atoms with Gasteiger partial charge in [-0.2, -0.15) is 0 Å². The van der Waals surface area contributed by atoms with E-state index < -0.39 is 34.1 Å². The molecule has 0 aliphatic rings. The Labute approximate surface area is 257 Å². The predicted molar refractivity (Wildman–Crippen MR) is 166 cm³/mol. The van der Waals surface area contributed by atoms with Crippen LogP contribution >= 0.6 is 34.8 Å². The van der Waals surface area contributed by atoms with E-state index >= 15 is 0 Å². The molecule has 0 radical (unpaired) electrons. The molecule has 0 heterocycles. The summed E-state index contributed by atoms with van der Waals surface area (Å²) in [5.74, 6) is -0.927. The highest BCUT2D eigenvalue weighted by Gasteiger charge is 2.34. The molecule has 0 fully saturated rings. The predicted octanol–water partition coefficient (Wildman–Crippen LogP) is 6.87. The molecule has 11 heteroatoms. The molecule has 3 rings (SSSR count). The van der Waals surface area contributed by atoms with Crippen LogP contribution in [0.5, 0.6) is 0 Å². The lowest BCUT2D eigenvalue weighted by molar-refractivity contribution is -0.141. The fraction of sp³-hybridized carbons (Fsp3) is 0.333. The van der Waals surface area contributed by atoms with Gasteiger partial charge in [-0.1, -0.05) is 71.6 Å². The average Bonchev–Trinajstić information content (AvgIpc) is 2.86. The van der Waals surface area contributed by atoms with E-state index in [1.54, 1.807) is 43.3 Å². The molecule has 0 aliphatic carbocycles. The third kappa shape index (κ3) is 8.85. The van der Waals surface area contributed by atoms with Crippen LogP contribution in [0.15, 0.2) is 71.6 Å². The van der Waals surface area contributed by atoms with Crippen LogP contribution < -0.4 is 9.62 Å². The van der Waals surface area contributed by atoms with E-state index in [9.17, 15) is 18.0 Å². The lowest BCUT2D eigenvalue weighted by atomic mass is 10.1. The van der Waals surface area contributed by atoms with Crippen molar-refractivity contribution in [1.82, 2.24) is 10.2 Å². The van der Waals surface area contributed by atoms with Gasteiger partial charge in [0.2, 0.25) is 11.8 Å². The maximum absolute atomic E-state index is 14.1. The summed E-state index contributed by atoms with van der Waals surface area (Å²) >= 11 is 18.5. The van der Waals surface area contributed by atoms with Crippen LogP contribution in [0.3, 0.4) is 0 Å². The van der Waals surface area contributed by atoms with E-state index in [1.165, 1.54) is 35.2 Å². The Morgan fingerprint density at radius 1 is 0.878 bits per heavy atom. The first-order valence-electron chi connectivity index (χ1n) is 13.0. The number of hydrogen-bond acceptors (Lipinski definition) is 4. The number of carbonyl (C=O) groups is 2. The van der Waals surface area contributed by atoms with Crippen LogP contribution in [0.1, 0.15) is 45.2 Å². The van der Waals surface area contributed by atoms with E-state index in [-0.39, 0.29) is 33.1 Å². The van der Waals surface area contributed by atoms with Crippen LogP contribution in [0.25, 0.3) is 0 Å². The zero-order valence-corrected chi connectivity index (χ0v) is 26.7. The van der Waals surface area contributed by atoms with Crippen molar-refractivity contribution in [3.05, 3.63) is 92.9 Å². The zero-order chi connectivity index (χ0) is 30.5. The van der Waals surface area contributed by atoms with Gasteiger partial charge in [-0.05, 0) is 82.1 Å². The Morgan fingerprint density at radius 3 is 1.95 bits per heavy atom. The molecule has 0 bridgehead atoms. The Balaban J connectivity index is 2.10. The van der Waals surface area contributed by atoms with Crippen molar-refractivity contribution < 1.29 is 18.0 Å². The Bertz CT molecular complexity index is 1470. The van der Waals surface area contributed by atoms with Gasteiger partial charge in [0.25, 0.3) is 10.0 Å². The Kier molecular flexibility index (Phi) is 10.7. The third-order valence-electron chi connectivity index (χ3n) is 6.17. The third-order valence-corrected chi connectivity index (χ3v) is 8.65. The van der Waals surface area contributed by atoms with Crippen molar-refractivity contribution in [2.45, 2.75) is 64.1 Å². The number of rotatable bonds is 10. The van der Waals surface area contributed by atoms with Crippen molar-refractivity contribution in [3.63, 3.8) is 0 Å². The largest absolute Gasteiger partial charge is 0.350 e. The Morgan fingerprint density at radius 2 is 1.44 bits per heavy atom. The standard InChI is InChI=1S/C30H34Cl3N3O4S/c1-6-27(29(38)34-30(3,4)5)35(18-21-9-11-22(31)12-10-21)28(37)19-36(25-16-23(32)15-24(33)17-25)41(39,40)26-13-7-20(2)8-14-26/h7-17,27H,6,18-19H2,1-5H3,(H,34,38)/t27-/m0/s1. The highest BCUT2D eigenvalue weighted by atomic mass is 35.5. The molecule has 2 amide bonds. The van der Waals surface area contributed by atoms with Gasteiger partial charge < -0.3 is 10.2 Å². The van der Waals surface area contributed by atoms with E-state index in [0.717, 1.165) is 15.4 Å². The van der Waals surface area contributed by atoms with Crippen LogP contribution in [0.2, 0.25) is 15.1 Å². The summed E-state index contributed by atoms with van der Waals surface area (Å²) in [5.41, 5.74) is 1.18. The van der Waals surface area contributed by atoms with Gasteiger partial charge >= 0.3 is 0 Å². The number of benzene rings is 3. The normalized spacial score (nSPS) is 12.5. The molecule has 0 saturated heterocycles. The molecule has 0 aliphatic heterocycles. The second kappa shape index (κ2) is 13.5. The number of sulfonamides is 1. The molecule has 3 aromatic carbocycles. The van der Waals surface area contributed by atoms with Gasteiger partial charge in [0.1, 0.15) is 12.6 Å². The number of nitrogens with one attached hydrogen (secondary N) is 1. The molecule has 0 spiro atoms. The number of carbonyl (C=O) groups excluding carboxylic acids is 2. The highest BCUT2D eigenvalue weighted by molar-refractivity contribution is 7.92. The lowest BCUT2D eigenvalue weighted by Crippen LogP contribution is -2.55. The summed E-state index contributed by atoms with van der Waals surface area (Å²) in [6.07, 6.45) is 0.301. The number of hydrogen-bond donors (Lipinski definition) is 1. The van der Waals surface area contributed by atoms with Crippen LogP contribution in [-0.4, -0.2) is 43.3 Å². The molecule has 41 heavy (non-hydrogen) atoms. The minimum Gasteiger partial charge on any atom is -0.350 e. The second-order valence-corrected chi connectivity index (χ2v) is 13.9.